The molecular weight excluding hydrogens is 460 g/mol. The second-order valence-corrected chi connectivity index (χ2v) is 10.5. The topological polar surface area (TPSA) is 92.8 Å². The Hall–Kier alpha value is -2.20. The van der Waals surface area contributed by atoms with E-state index in [9.17, 15) is 18.0 Å². The Kier molecular flexibility index (Phi) is 7.20. The van der Waals surface area contributed by atoms with Crippen LogP contribution < -0.4 is 4.72 Å². The molecule has 1 aliphatic rings. The lowest BCUT2D eigenvalue weighted by atomic mass is 10.0. The molecule has 1 aromatic heterocycles. The molecule has 10 heteroatoms. The monoisotopic (exact) mass is 482 g/mol. The molecule has 2 aromatic rings. The van der Waals surface area contributed by atoms with Gasteiger partial charge >= 0.3 is 5.97 Å². The van der Waals surface area contributed by atoms with Crippen molar-refractivity contribution in [2.75, 3.05) is 13.7 Å². The van der Waals surface area contributed by atoms with E-state index in [0.29, 0.717) is 39.6 Å². The molecule has 1 aliphatic heterocycles. The van der Waals surface area contributed by atoms with Crippen molar-refractivity contribution in [3.63, 3.8) is 0 Å². The van der Waals surface area contributed by atoms with Gasteiger partial charge in [-0.2, -0.15) is 0 Å². The normalized spacial score (nSPS) is 14.3. The Morgan fingerprint density at radius 2 is 2.03 bits per heavy atom. The highest BCUT2D eigenvalue weighted by atomic mass is 35.5. The molecule has 0 radical (unpaired) electrons. The summed E-state index contributed by atoms with van der Waals surface area (Å²) in [5.41, 5.74) is 1.90. The Morgan fingerprint density at radius 1 is 1.32 bits per heavy atom. The molecule has 1 N–H and O–H groups in total. The highest BCUT2D eigenvalue weighted by Crippen LogP contribution is 2.37. The number of ether oxygens (including phenoxy) is 1. The highest BCUT2D eigenvalue weighted by molar-refractivity contribution is 7.91. The summed E-state index contributed by atoms with van der Waals surface area (Å²) in [5.74, 6) is -0.817. The first-order chi connectivity index (χ1) is 14.7. The first-order valence-electron chi connectivity index (χ1n) is 9.57. The molecule has 0 unspecified atom stereocenters. The summed E-state index contributed by atoms with van der Waals surface area (Å²) in [6.45, 7) is 4.15. The minimum atomic E-state index is -4.02. The van der Waals surface area contributed by atoms with Crippen molar-refractivity contribution in [3.8, 4) is 0 Å². The molecule has 0 bridgehead atoms. The standard InChI is InChI=1S/C21H23ClN2O5S2/c1-4-13(2)19(25)24-10-9-15-17(12-24)30-21(18(15)20(26)29-3)31(27,28)23-11-14-7-5-6-8-16(14)22/h4-8,23H,9-12H2,1-3H3/b13-4+. The number of fused-ring (bicyclic) bond motifs is 1. The average molecular weight is 483 g/mol. The number of carbonyl (C=O) groups is 2. The maximum atomic E-state index is 13.1. The van der Waals surface area contributed by atoms with Crippen LogP contribution in [0, 0.1) is 0 Å². The molecule has 0 aliphatic carbocycles. The van der Waals surface area contributed by atoms with Crippen LogP contribution in [-0.2, 0) is 39.1 Å². The van der Waals surface area contributed by atoms with Crippen molar-refractivity contribution < 1.29 is 22.7 Å². The van der Waals surface area contributed by atoms with Crippen molar-refractivity contribution in [1.82, 2.24) is 9.62 Å². The predicted octanol–water partition coefficient (Wildman–Crippen LogP) is 3.52. The van der Waals surface area contributed by atoms with Crippen LogP contribution in [0.25, 0.3) is 0 Å². The van der Waals surface area contributed by atoms with Crippen molar-refractivity contribution >= 4 is 44.8 Å². The number of nitrogens with zero attached hydrogens (tertiary/aromatic N) is 1. The summed E-state index contributed by atoms with van der Waals surface area (Å²) >= 11 is 7.12. The van der Waals surface area contributed by atoms with Gasteiger partial charge in [0.15, 0.2) is 0 Å². The number of amides is 1. The number of methoxy groups -OCH3 is 1. The predicted molar refractivity (Wildman–Crippen MR) is 120 cm³/mol. The first-order valence-corrected chi connectivity index (χ1v) is 12.3. The quantitative estimate of drug-likeness (QED) is 0.502. The van der Waals surface area contributed by atoms with E-state index >= 15 is 0 Å². The van der Waals surface area contributed by atoms with Gasteiger partial charge in [-0.05, 0) is 37.5 Å². The van der Waals surface area contributed by atoms with Gasteiger partial charge in [0.05, 0.1) is 19.2 Å². The fourth-order valence-electron chi connectivity index (χ4n) is 3.30. The maximum absolute atomic E-state index is 13.1. The van der Waals surface area contributed by atoms with Gasteiger partial charge in [-0.25, -0.2) is 17.9 Å². The van der Waals surface area contributed by atoms with E-state index in [2.05, 4.69) is 4.72 Å². The molecule has 1 aromatic carbocycles. The molecule has 0 fully saturated rings. The smallest absolute Gasteiger partial charge is 0.340 e. The van der Waals surface area contributed by atoms with Crippen LogP contribution >= 0.6 is 22.9 Å². The van der Waals surface area contributed by atoms with Gasteiger partial charge in [-0.1, -0.05) is 35.9 Å². The molecule has 2 heterocycles. The SMILES string of the molecule is C/C=C(\C)C(=O)N1CCc2c(sc(S(=O)(=O)NCc3ccccc3Cl)c2C(=O)OC)C1. The van der Waals surface area contributed by atoms with E-state index in [4.69, 9.17) is 16.3 Å². The summed E-state index contributed by atoms with van der Waals surface area (Å²) < 4.78 is 33.5. The molecule has 0 saturated heterocycles. The van der Waals surface area contributed by atoms with E-state index in [1.165, 1.54) is 7.11 Å². The van der Waals surface area contributed by atoms with Crippen LogP contribution in [-0.4, -0.2) is 38.8 Å². The second-order valence-electron chi connectivity index (χ2n) is 7.02. The van der Waals surface area contributed by atoms with Gasteiger partial charge in [0.25, 0.3) is 10.0 Å². The lowest BCUT2D eigenvalue weighted by Crippen LogP contribution is -2.36. The number of esters is 1. The number of hydrogen-bond donors (Lipinski definition) is 1. The van der Waals surface area contributed by atoms with Crippen LogP contribution in [0.4, 0.5) is 0 Å². The summed E-state index contributed by atoms with van der Waals surface area (Å²) in [4.78, 5) is 27.4. The third kappa shape index (κ3) is 4.85. The van der Waals surface area contributed by atoms with Crippen molar-refractivity contribution in [3.05, 3.63) is 62.5 Å². The van der Waals surface area contributed by atoms with Gasteiger partial charge in [0.1, 0.15) is 4.21 Å². The first kappa shape index (κ1) is 23.5. The Morgan fingerprint density at radius 3 is 2.68 bits per heavy atom. The third-order valence-corrected chi connectivity index (χ3v) is 8.63. The zero-order valence-corrected chi connectivity index (χ0v) is 19.8. The third-order valence-electron chi connectivity index (χ3n) is 5.13. The maximum Gasteiger partial charge on any atom is 0.340 e. The zero-order valence-electron chi connectivity index (χ0n) is 17.4. The Balaban J connectivity index is 1.95. The van der Waals surface area contributed by atoms with Gasteiger partial charge < -0.3 is 9.64 Å². The largest absolute Gasteiger partial charge is 0.465 e. The summed E-state index contributed by atoms with van der Waals surface area (Å²) in [6.07, 6.45) is 2.11. The molecule has 1 amide bonds. The van der Waals surface area contributed by atoms with Gasteiger partial charge in [-0.15, -0.1) is 11.3 Å². The van der Waals surface area contributed by atoms with Crippen LogP contribution in [0.3, 0.4) is 0 Å². The number of rotatable bonds is 6. The highest BCUT2D eigenvalue weighted by Gasteiger charge is 2.35. The van der Waals surface area contributed by atoms with Crippen molar-refractivity contribution in [1.29, 1.82) is 0 Å². The van der Waals surface area contributed by atoms with E-state index in [1.54, 1.807) is 49.1 Å². The van der Waals surface area contributed by atoms with Crippen LogP contribution in [0.2, 0.25) is 5.02 Å². The number of allylic oxidation sites excluding steroid dienone is 1. The molecule has 0 saturated carbocycles. The van der Waals surface area contributed by atoms with Gasteiger partial charge in [0, 0.05) is 28.6 Å². The number of halogens is 1. The van der Waals surface area contributed by atoms with Crippen LogP contribution in [0.5, 0.6) is 0 Å². The number of thiophene rings is 1. The summed E-state index contributed by atoms with van der Waals surface area (Å²) in [7, 11) is -2.80. The fraction of sp³-hybridized carbons (Fsp3) is 0.333. The number of nitrogens with one attached hydrogen (secondary N) is 1. The molecular formula is C21H23ClN2O5S2. The van der Waals surface area contributed by atoms with Crippen LogP contribution in [0.15, 0.2) is 40.1 Å². The lowest BCUT2D eigenvalue weighted by Gasteiger charge is -2.27. The minimum Gasteiger partial charge on any atom is -0.465 e. The second kappa shape index (κ2) is 9.52. The summed E-state index contributed by atoms with van der Waals surface area (Å²) in [5, 5.41) is 0.442. The molecule has 0 spiro atoms. The fourth-order valence-corrected chi connectivity index (χ4v) is 6.45. The van der Waals surface area contributed by atoms with E-state index in [1.807, 2.05) is 0 Å². The molecule has 3 rings (SSSR count). The lowest BCUT2D eigenvalue weighted by molar-refractivity contribution is -0.127. The van der Waals surface area contributed by atoms with Gasteiger partial charge in [0.2, 0.25) is 5.91 Å². The van der Waals surface area contributed by atoms with E-state index in [-0.39, 0.29) is 28.8 Å². The average Bonchev–Trinajstić information content (AvgIpc) is 3.16. The Labute approximate surface area is 190 Å². The number of carbonyl (C=O) groups excluding carboxylic acids is 2. The van der Waals surface area contributed by atoms with Gasteiger partial charge in [-0.3, -0.25) is 4.79 Å². The minimum absolute atomic E-state index is 0.0176. The van der Waals surface area contributed by atoms with E-state index < -0.39 is 16.0 Å². The number of sulfonamides is 1. The molecule has 31 heavy (non-hydrogen) atoms. The zero-order chi connectivity index (χ0) is 22.8. The van der Waals surface area contributed by atoms with Crippen molar-refractivity contribution in [2.45, 2.75) is 37.6 Å². The van der Waals surface area contributed by atoms with Crippen LogP contribution in [0.1, 0.15) is 40.2 Å². The van der Waals surface area contributed by atoms with E-state index in [0.717, 1.165) is 11.3 Å². The Bertz CT molecular complexity index is 1150. The molecule has 7 nitrogen and oxygen atoms in total. The number of hydrogen-bond acceptors (Lipinski definition) is 6. The molecule has 0 atom stereocenters. The number of benzene rings is 1. The van der Waals surface area contributed by atoms with Crippen molar-refractivity contribution in [2.24, 2.45) is 0 Å². The molecule has 166 valence electrons. The summed E-state index contributed by atoms with van der Waals surface area (Å²) in [6, 6.07) is 6.91.